The number of benzene rings is 1. The molecule has 0 heterocycles. The molecule has 0 bridgehead atoms. The zero-order valence-corrected chi connectivity index (χ0v) is 12.7. The third-order valence-electron chi connectivity index (χ3n) is 2.91. The van der Waals surface area contributed by atoms with Gasteiger partial charge in [0.25, 0.3) is 0 Å². The molecule has 0 aromatic heterocycles. The average molecular weight is 320 g/mol. The van der Waals surface area contributed by atoms with Crippen molar-refractivity contribution in [2.24, 2.45) is 5.92 Å². The maximum atomic E-state index is 14.0. The van der Waals surface area contributed by atoms with E-state index in [1.165, 1.54) is 12.1 Å². The van der Waals surface area contributed by atoms with Crippen LogP contribution in [0.5, 0.6) is 0 Å². The van der Waals surface area contributed by atoms with Crippen LogP contribution in [0.2, 0.25) is 0 Å². The van der Waals surface area contributed by atoms with Crippen LogP contribution in [0, 0.1) is 17.6 Å². The molecule has 18 heavy (non-hydrogen) atoms. The molecular formula is C14H20BrF2N. The van der Waals surface area contributed by atoms with Gasteiger partial charge in [-0.2, -0.15) is 0 Å². The maximum Gasteiger partial charge on any atom is 0.145 e. The van der Waals surface area contributed by atoms with Crippen LogP contribution in [0.15, 0.2) is 16.6 Å². The molecule has 1 rings (SSSR count). The molecule has 4 heteroatoms. The molecule has 0 aliphatic carbocycles. The highest BCUT2D eigenvalue weighted by molar-refractivity contribution is 9.10. The quantitative estimate of drug-likeness (QED) is 0.742. The largest absolute Gasteiger partial charge is 0.310 e. The number of hydrogen-bond donors (Lipinski definition) is 1. The van der Waals surface area contributed by atoms with E-state index in [0.717, 1.165) is 12.8 Å². The zero-order chi connectivity index (χ0) is 13.7. The molecular weight excluding hydrogens is 300 g/mol. The van der Waals surface area contributed by atoms with Gasteiger partial charge in [0.05, 0.1) is 4.47 Å². The number of hydrogen-bond acceptors (Lipinski definition) is 1. The second kappa shape index (κ2) is 7.19. The van der Waals surface area contributed by atoms with Crippen molar-refractivity contribution in [1.29, 1.82) is 0 Å². The zero-order valence-electron chi connectivity index (χ0n) is 11.1. The van der Waals surface area contributed by atoms with Gasteiger partial charge in [0, 0.05) is 11.6 Å². The lowest BCUT2D eigenvalue weighted by Crippen LogP contribution is -2.23. The molecule has 0 fully saturated rings. The minimum atomic E-state index is -0.496. The van der Waals surface area contributed by atoms with Gasteiger partial charge >= 0.3 is 0 Å². The van der Waals surface area contributed by atoms with E-state index in [-0.39, 0.29) is 11.6 Å². The van der Waals surface area contributed by atoms with E-state index in [1.807, 2.05) is 6.92 Å². The summed E-state index contributed by atoms with van der Waals surface area (Å²) in [6.45, 7) is 6.84. The summed E-state index contributed by atoms with van der Waals surface area (Å²) in [5, 5.41) is 3.16. The van der Waals surface area contributed by atoms with Crippen LogP contribution in [0.3, 0.4) is 0 Å². The van der Waals surface area contributed by atoms with Gasteiger partial charge in [-0.1, -0.05) is 20.8 Å². The van der Waals surface area contributed by atoms with Crippen LogP contribution in [-0.2, 0) is 0 Å². The number of rotatable bonds is 6. The van der Waals surface area contributed by atoms with Crippen molar-refractivity contribution >= 4 is 15.9 Å². The smallest absolute Gasteiger partial charge is 0.145 e. The van der Waals surface area contributed by atoms with Crippen molar-refractivity contribution in [3.63, 3.8) is 0 Å². The minimum absolute atomic E-state index is 0.145. The summed E-state index contributed by atoms with van der Waals surface area (Å²) in [6.07, 6.45) is 1.67. The van der Waals surface area contributed by atoms with Gasteiger partial charge in [0.1, 0.15) is 11.6 Å². The predicted molar refractivity (Wildman–Crippen MR) is 74.5 cm³/mol. The summed E-state index contributed by atoms with van der Waals surface area (Å²) < 4.78 is 28.2. The van der Waals surface area contributed by atoms with Crippen molar-refractivity contribution in [3.05, 3.63) is 33.8 Å². The predicted octanol–water partition coefficient (Wildman–Crippen LogP) is 4.81. The van der Waals surface area contributed by atoms with Crippen LogP contribution < -0.4 is 5.32 Å². The topological polar surface area (TPSA) is 12.0 Å². The van der Waals surface area contributed by atoms with Gasteiger partial charge in [-0.05, 0) is 53.4 Å². The van der Waals surface area contributed by atoms with Crippen LogP contribution in [-0.4, -0.2) is 6.54 Å². The number of nitrogens with one attached hydrogen (secondary N) is 1. The van der Waals surface area contributed by atoms with Gasteiger partial charge < -0.3 is 5.32 Å². The Hall–Kier alpha value is -0.480. The molecule has 1 N–H and O–H groups in total. The van der Waals surface area contributed by atoms with E-state index < -0.39 is 11.6 Å². The first kappa shape index (κ1) is 15.6. The highest BCUT2D eigenvalue weighted by Gasteiger charge is 2.21. The fourth-order valence-corrected chi connectivity index (χ4v) is 2.30. The molecule has 1 nitrogen and oxygen atoms in total. The van der Waals surface area contributed by atoms with E-state index in [1.54, 1.807) is 0 Å². The van der Waals surface area contributed by atoms with Crippen LogP contribution in [0.25, 0.3) is 0 Å². The van der Waals surface area contributed by atoms with Gasteiger partial charge in [-0.25, -0.2) is 8.78 Å². The van der Waals surface area contributed by atoms with E-state index in [9.17, 15) is 8.78 Å². The summed E-state index contributed by atoms with van der Waals surface area (Å²) in [5.41, 5.74) is 0.145. The number of halogens is 3. The lowest BCUT2D eigenvalue weighted by Gasteiger charge is -2.21. The van der Waals surface area contributed by atoms with Crippen molar-refractivity contribution < 1.29 is 8.78 Å². The molecule has 1 atom stereocenters. The van der Waals surface area contributed by atoms with E-state index in [2.05, 4.69) is 35.1 Å². The Morgan fingerprint density at radius 1 is 1.22 bits per heavy atom. The molecule has 1 unspecified atom stereocenters. The SMILES string of the molecule is CCNC(CCC(C)C)c1c(F)ccc(Br)c1F. The van der Waals surface area contributed by atoms with E-state index in [0.29, 0.717) is 16.9 Å². The lowest BCUT2D eigenvalue weighted by molar-refractivity contribution is 0.415. The molecule has 0 spiro atoms. The van der Waals surface area contributed by atoms with Crippen molar-refractivity contribution in [3.8, 4) is 0 Å². The molecule has 1 aromatic carbocycles. The van der Waals surface area contributed by atoms with Crippen molar-refractivity contribution in [1.82, 2.24) is 5.32 Å². The molecule has 102 valence electrons. The van der Waals surface area contributed by atoms with Crippen LogP contribution >= 0.6 is 15.9 Å². The summed E-state index contributed by atoms with van der Waals surface area (Å²) in [5.74, 6) is -0.459. The first-order valence-corrected chi connectivity index (χ1v) is 7.13. The molecule has 1 aromatic rings. The third-order valence-corrected chi connectivity index (χ3v) is 3.52. The molecule has 0 aliphatic rings. The first-order valence-electron chi connectivity index (χ1n) is 6.34. The Balaban J connectivity index is 3.01. The Bertz CT molecular complexity index is 394. The fraction of sp³-hybridized carbons (Fsp3) is 0.571. The maximum absolute atomic E-state index is 14.0. The summed E-state index contributed by atoms with van der Waals surface area (Å²) >= 11 is 3.11. The minimum Gasteiger partial charge on any atom is -0.310 e. The molecule has 0 saturated carbocycles. The molecule has 0 aliphatic heterocycles. The monoisotopic (exact) mass is 319 g/mol. The lowest BCUT2D eigenvalue weighted by atomic mass is 9.96. The standard InChI is InChI=1S/C14H20BrF2N/c1-4-18-12(8-5-9(2)3)13-11(16)7-6-10(15)14(13)17/h6-7,9,12,18H,4-5,8H2,1-3H3. The van der Waals surface area contributed by atoms with E-state index in [4.69, 9.17) is 0 Å². The summed E-state index contributed by atoms with van der Waals surface area (Å²) in [6, 6.07) is 2.44. The highest BCUT2D eigenvalue weighted by Crippen LogP contribution is 2.30. The van der Waals surface area contributed by atoms with Gasteiger partial charge in [0.2, 0.25) is 0 Å². The Morgan fingerprint density at radius 2 is 1.89 bits per heavy atom. The Kier molecular flexibility index (Phi) is 6.22. The van der Waals surface area contributed by atoms with Gasteiger partial charge in [0.15, 0.2) is 0 Å². The Labute approximate surface area is 116 Å². The van der Waals surface area contributed by atoms with Crippen molar-refractivity contribution in [2.45, 2.75) is 39.7 Å². The molecule has 0 radical (unpaired) electrons. The summed E-state index contributed by atoms with van der Waals surface area (Å²) in [4.78, 5) is 0. The summed E-state index contributed by atoms with van der Waals surface area (Å²) in [7, 11) is 0. The van der Waals surface area contributed by atoms with Gasteiger partial charge in [-0.3, -0.25) is 0 Å². The third kappa shape index (κ3) is 4.02. The molecule has 0 saturated heterocycles. The van der Waals surface area contributed by atoms with Gasteiger partial charge in [-0.15, -0.1) is 0 Å². The fourth-order valence-electron chi connectivity index (χ4n) is 1.96. The van der Waals surface area contributed by atoms with Crippen LogP contribution in [0.4, 0.5) is 8.78 Å². The van der Waals surface area contributed by atoms with Crippen molar-refractivity contribution in [2.75, 3.05) is 6.54 Å². The van der Waals surface area contributed by atoms with Crippen LogP contribution in [0.1, 0.15) is 45.2 Å². The van der Waals surface area contributed by atoms with E-state index >= 15 is 0 Å². The first-order chi connectivity index (χ1) is 8.47. The second-order valence-corrected chi connectivity index (χ2v) is 5.69. The Morgan fingerprint density at radius 3 is 2.44 bits per heavy atom. The molecule has 0 amide bonds. The highest BCUT2D eigenvalue weighted by atomic mass is 79.9. The average Bonchev–Trinajstić information content (AvgIpc) is 2.31. The normalized spacial score (nSPS) is 13.1. The second-order valence-electron chi connectivity index (χ2n) is 4.84.